The summed E-state index contributed by atoms with van der Waals surface area (Å²) in [5, 5.41) is 9.63. The molecule has 0 bridgehead atoms. The van der Waals surface area contributed by atoms with E-state index >= 15 is 0 Å². The molecule has 3 N–H and O–H groups in total. The highest BCUT2D eigenvalue weighted by atomic mass is 32.1. The van der Waals surface area contributed by atoms with Gasteiger partial charge in [0.25, 0.3) is 0 Å². The van der Waals surface area contributed by atoms with Crippen molar-refractivity contribution in [2.75, 3.05) is 27.3 Å². The molecule has 1 atom stereocenters. The molecule has 1 unspecified atom stereocenters. The van der Waals surface area contributed by atoms with Crippen LogP contribution in [-0.2, 0) is 9.53 Å². The zero-order chi connectivity index (χ0) is 13.9. The Hall–Kier alpha value is -0.720. The Labute approximate surface area is 113 Å². The molecule has 5 nitrogen and oxygen atoms in total. The first-order valence-electron chi connectivity index (χ1n) is 6.06. The number of rotatable bonds is 6. The zero-order valence-electron chi connectivity index (χ0n) is 11.2. The molecule has 1 fully saturated rings. The van der Waals surface area contributed by atoms with Crippen LogP contribution in [0.4, 0.5) is 0 Å². The molecule has 0 heterocycles. The molecule has 1 amide bonds. The van der Waals surface area contributed by atoms with E-state index in [4.69, 9.17) is 22.7 Å². The van der Waals surface area contributed by atoms with Crippen LogP contribution in [0.3, 0.4) is 0 Å². The molecule has 0 aromatic carbocycles. The van der Waals surface area contributed by atoms with Crippen molar-refractivity contribution in [1.29, 1.82) is 0 Å². The Kier molecular flexibility index (Phi) is 5.07. The van der Waals surface area contributed by atoms with Crippen LogP contribution in [0.15, 0.2) is 0 Å². The van der Waals surface area contributed by atoms with Gasteiger partial charge in [-0.1, -0.05) is 19.1 Å². The van der Waals surface area contributed by atoms with Gasteiger partial charge in [-0.15, -0.1) is 0 Å². The van der Waals surface area contributed by atoms with Crippen LogP contribution in [0.2, 0.25) is 0 Å². The van der Waals surface area contributed by atoms with Gasteiger partial charge in [-0.3, -0.25) is 4.79 Å². The number of nitrogens with zero attached hydrogens (tertiary/aromatic N) is 1. The minimum absolute atomic E-state index is 0.0942. The van der Waals surface area contributed by atoms with E-state index in [0.29, 0.717) is 18.8 Å². The van der Waals surface area contributed by atoms with Crippen molar-refractivity contribution < 1.29 is 14.6 Å². The lowest BCUT2D eigenvalue weighted by Crippen LogP contribution is -2.57. The molecule has 104 valence electrons. The molecule has 1 aliphatic rings. The number of amides is 1. The summed E-state index contributed by atoms with van der Waals surface area (Å²) < 4.78 is 4.84. The quantitative estimate of drug-likeness (QED) is 0.675. The number of aliphatic hydroxyl groups is 1. The van der Waals surface area contributed by atoms with Gasteiger partial charge >= 0.3 is 0 Å². The van der Waals surface area contributed by atoms with Crippen LogP contribution in [0, 0.1) is 11.3 Å². The minimum Gasteiger partial charge on any atom is -0.392 e. The van der Waals surface area contributed by atoms with Crippen molar-refractivity contribution in [2.24, 2.45) is 17.1 Å². The van der Waals surface area contributed by atoms with Gasteiger partial charge in [0.2, 0.25) is 5.91 Å². The van der Waals surface area contributed by atoms with E-state index in [1.54, 1.807) is 7.05 Å². The van der Waals surface area contributed by atoms with E-state index in [9.17, 15) is 9.90 Å². The van der Waals surface area contributed by atoms with Crippen molar-refractivity contribution in [3.63, 3.8) is 0 Å². The van der Waals surface area contributed by atoms with Gasteiger partial charge in [-0.05, 0) is 18.8 Å². The fourth-order valence-electron chi connectivity index (χ4n) is 2.62. The lowest BCUT2D eigenvalue weighted by molar-refractivity contribution is -0.144. The Morgan fingerprint density at radius 1 is 1.67 bits per heavy atom. The van der Waals surface area contributed by atoms with Crippen molar-refractivity contribution in [3.05, 3.63) is 0 Å². The molecule has 1 rings (SSSR count). The van der Waals surface area contributed by atoms with Gasteiger partial charge in [-0.2, -0.15) is 0 Å². The second-order valence-corrected chi connectivity index (χ2v) is 5.69. The minimum atomic E-state index is -0.698. The van der Waals surface area contributed by atoms with Crippen LogP contribution >= 0.6 is 12.2 Å². The van der Waals surface area contributed by atoms with E-state index in [1.165, 1.54) is 12.0 Å². The SMILES string of the molecule is COCC(O)CN(C)C(=O)C1(C(N)=S)CC(C)C1. The molecule has 0 spiro atoms. The monoisotopic (exact) mass is 274 g/mol. The van der Waals surface area contributed by atoms with E-state index in [-0.39, 0.29) is 24.0 Å². The van der Waals surface area contributed by atoms with Crippen molar-refractivity contribution in [1.82, 2.24) is 4.90 Å². The summed E-state index contributed by atoms with van der Waals surface area (Å²) >= 11 is 5.04. The summed E-state index contributed by atoms with van der Waals surface area (Å²) in [6, 6.07) is 0. The molecule has 0 aromatic rings. The van der Waals surface area contributed by atoms with E-state index in [2.05, 4.69) is 6.92 Å². The van der Waals surface area contributed by atoms with Crippen LogP contribution in [0.25, 0.3) is 0 Å². The standard InChI is InChI=1S/C12H22N2O3S/c1-8-4-12(5-8,10(13)18)11(16)14(2)6-9(15)7-17-3/h8-9,15H,4-7H2,1-3H3,(H2,13,18). The highest BCUT2D eigenvalue weighted by molar-refractivity contribution is 7.80. The summed E-state index contributed by atoms with van der Waals surface area (Å²) in [6.07, 6.45) is 0.711. The maximum absolute atomic E-state index is 12.4. The molecule has 0 aliphatic heterocycles. The largest absolute Gasteiger partial charge is 0.392 e. The molecule has 18 heavy (non-hydrogen) atoms. The topological polar surface area (TPSA) is 75.8 Å². The molecule has 1 saturated carbocycles. The fraction of sp³-hybridized carbons (Fsp3) is 0.833. The fourth-order valence-corrected chi connectivity index (χ4v) is 2.87. The van der Waals surface area contributed by atoms with Gasteiger partial charge < -0.3 is 20.5 Å². The predicted octanol–water partition coefficient (Wildman–Crippen LogP) is 0.154. The number of hydrogen-bond acceptors (Lipinski definition) is 4. The highest BCUT2D eigenvalue weighted by Crippen LogP contribution is 2.46. The maximum Gasteiger partial charge on any atom is 0.235 e. The molecule has 0 aromatic heterocycles. The van der Waals surface area contributed by atoms with E-state index < -0.39 is 11.5 Å². The van der Waals surface area contributed by atoms with Crippen LogP contribution < -0.4 is 5.73 Å². The van der Waals surface area contributed by atoms with Crippen molar-refractivity contribution in [2.45, 2.75) is 25.9 Å². The van der Waals surface area contributed by atoms with E-state index in [0.717, 1.165) is 0 Å². The first-order valence-corrected chi connectivity index (χ1v) is 6.46. The van der Waals surface area contributed by atoms with Crippen molar-refractivity contribution >= 4 is 23.1 Å². The van der Waals surface area contributed by atoms with Gasteiger partial charge in [0, 0.05) is 20.7 Å². The number of likely N-dealkylation sites (N-methyl/N-ethyl adjacent to an activating group) is 1. The zero-order valence-corrected chi connectivity index (χ0v) is 12.0. The smallest absolute Gasteiger partial charge is 0.235 e. The molecule has 1 aliphatic carbocycles. The number of hydrogen-bond donors (Lipinski definition) is 2. The third-order valence-corrected chi connectivity index (χ3v) is 3.86. The lowest BCUT2D eigenvalue weighted by atomic mass is 9.61. The van der Waals surface area contributed by atoms with Gasteiger partial charge in [0.05, 0.1) is 23.1 Å². The molecular weight excluding hydrogens is 252 g/mol. The molecule has 0 saturated heterocycles. The summed E-state index contributed by atoms with van der Waals surface area (Å²) in [6.45, 7) is 2.50. The van der Waals surface area contributed by atoms with E-state index in [1.807, 2.05) is 0 Å². The van der Waals surface area contributed by atoms with Gasteiger partial charge in [0.1, 0.15) is 0 Å². The Bertz CT molecular complexity index is 329. The summed E-state index contributed by atoms with van der Waals surface area (Å²) in [5.74, 6) is 0.371. The predicted molar refractivity (Wildman–Crippen MR) is 73.1 cm³/mol. The molecular formula is C12H22N2O3S. The summed E-state index contributed by atoms with van der Waals surface area (Å²) in [7, 11) is 3.17. The Balaban J connectivity index is 2.64. The first kappa shape index (κ1) is 15.3. The van der Waals surface area contributed by atoms with Crippen molar-refractivity contribution in [3.8, 4) is 0 Å². The normalized spacial score (nSPS) is 28.3. The number of ether oxygens (including phenoxy) is 1. The number of nitrogens with two attached hydrogens (primary N) is 1. The van der Waals surface area contributed by atoms with Crippen LogP contribution in [0.1, 0.15) is 19.8 Å². The Morgan fingerprint density at radius 3 is 2.61 bits per heavy atom. The number of carbonyl (C=O) groups is 1. The molecule has 6 heteroatoms. The first-order chi connectivity index (χ1) is 8.33. The third kappa shape index (κ3) is 2.99. The lowest BCUT2D eigenvalue weighted by Gasteiger charge is -2.46. The summed E-state index contributed by atoms with van der Waals surface area (Å²) in [4.78, 5) is 14.1. The number of aliphatic hydroxyl groups excluding tert-OH is 1. The Morgan fingerprint density at radius 2 is 2.22 bits per heavy atom. The highest BCUT2D eigenvalue weighted by Gasteiger charge is 2.52. The summed E-state index contributed by atoms with van der Waals surface area (Å²) in [5.41, 5.74) is 5.02. The third-order valence-electron chi connectivity index (χ3n) is 3.47. The second-order valence-electron chi connectivity index (χ2n) is 5.25. The maximum atomic E-state index is 12.4. The van der Waals surface area contributed by atoms with Gasteiger partial charge in [0.15, 0.2) is 0 Å². The number of carbonyl (C=O) groups excluding carboxylic acids is 1. The van der Waals surface area contributed by atoms with Gasteiger partial charge in [-0.25, -0.2) is 0 Å². The van der Waals surface area contributed by atoms with Crippen LogP contribution in [0.5, 0.6) is 0 Å². The molecule has 0 radical (unpaired) electrons. The second kappa shape index (κ2) is 5.95. The van der Waals surface area contributed by atoms with Crippen LogP contribution in [-0.4, -0.2) is 54.3 Å². The number of thiocarbonyl (C=S) groups is 1. The average Bonchev–Trinajstić information content (AvgIpc) is 2.23. The number of methoxy groups -OCH3 is 1. The average molecular weight is 274 g/mol.